The van der Waals surface area contributed by atoms with Gasteiger partial charge in [-0.15, -0.1) is 0 Å². The van der Waals surface area contributed by atoms with E-state index in [2.05, 4.69) is 4.74 Å². The molecule has 0 N–H and O–H groups in total. The Labute approximate surface area is 80.2 Å². The molecule has 0 amide bonds. The van der Waals surface area contributed by atoms with Crippen LogP contribution in [0.5, 0.6) is 0 Å². The second-order valence-electron chi connectivity index (χ2n) is 2.79. The van der Waals surface area contributed by atoms with Crippen LogP contribution in [0.1, 0.15) is 20.3 Å². The smallest absolute Gasteiger partial charge is 0.454 e. The van der Waals surface area contributed by atoms with Crippen molar-refractivity contribution in [2.45, 2.75) is 32.5 Å². The Balaban J connectivity index is 3.72. The minimum absolute atomic E-state index is 0.0182. The Morgan fingerprint density at radius 3 is 2.43 bits per heavy atom. The first-order valence-corrected chi connectivity index (χ1v) is 4.23. The molecule has 1 unspecified atom stereocenters. The van der Waals surface area contributed by atoms with Crippen LogP contribution in [0, 0.1) is 0 Å². The molecule has 84 valence electrons. The minimum atomic E-state index is -4.93. The summed E-state index contributed by atoms with van der Waals surface area (Å²) in [5, 5.41) is 0. The van der Waals surface area contributed by atoms with Gasteiger partial charge in [0.15, 0.2) is 0 Å². The summed E-state index contributed by atoms with van der Waals surface area (Å²) in [5.74, 6) is -2.18. The summed E-state index contributed by atoms with van der Waals surface area (Å²) in [6, 6.07) is 0. The van der Waals surface area contributed by atoms with Crippen LogP contribution < -0.4 is 0 Å². The lowest BCUT2D eigenvalue weighted by molar-refractivity contribution is -0.206. The zero-order chi connectivity index (χ0) is 11.2. The van der Waals surface area contributed by atoms with E-state index in [-0.39, 0.29) is 6.61 Å². The van der Waals surface area contributed by atoms with E-state index in [1.54, 1.807) is 0 Å². The number of ether oxygens (including phenoxy) is 2. The predicted molar refractivity (Wildman–Crippen MR) is 42.7 cm³/mol. The summed E-state index contributed by atoms with van der Waals surface area (Å²) in [6.07, 6.45) is -5.05. The number of carbonyl (C=O) groups is 1. The maximum Gasteiger partial charge on any atom is 0.490 e. The molecule has 0 rings (SSSR count). The summed E-state index contributed by atoms with van der Waals surface area (Å²) in [6.45, 7) is 3.63. The van der Waals surface area contributed by atoms with Gasteiger partial charge in [0.2, 0.25) is 0 Å². The number of hydrogen-bond donors (Lipinski definition) is 0. The van der Waals surface area contributed by atoms with Crippen molar-refractivity contribution in [3.63, 3.8) is 0 Å². The lowest BCUT2D eigenvalue weighted by atomic mass is 10.4. The fraction of sp³-hybridized carbons (Fsp3) is 0.875. The number of hydrogen-bond acceptors (Lipinski definition) is 3. The van der Waals surface area contributed by atoms with Crippen LogP contribution in [0.15, 0.2) is 0 Å². The van der Waals surface area contributed by atoms with E-state index in [9.17, 15) is 18.0 Å². The quantitative estimate of drug-likeness (QED) is 0.518. The maximum absolute atomic E-state index is 11.7. The molecular formula is C8H13F3O3. The topological polar surface area (TPSA) is 35.5 Å². The van der Waals surface area contributed by atoms with E-state index >= 15 is 0 Å². The van der Waals surface area contributed by atoms with Crippen LogP contribution in [0.2, 0.25) is 0 Å². The Morgan fingerprint density at radius 1 is 1.43 bits per heavy atom. The van der Waals surface area contributed by atoms with Gasteiger partial charge in [0.05, 0.1) is 6.61 Å². The molecule has 0 aliphatic rings. The highest BCUT2D eigenvalue weighted by atomic mass is 19.4. The van der Waals surface area contributed by atoms with E-state index in [1.807, 2.05) is 6.92 Å². The van der Waals surface area contributed by atoms with E-state index in [4.69, 9.17) is 4.74 Å². The summed E-state index contributed by atoms with van der Waals surface area (Å²) in [5.41, 5.74) is 0. The summed E-state index contributed by atoms with van der Waals surface area (Å²) < 4.78 is 44.0. The van der Waals surface area contributed by atoms with Crippen LogP contribution in [-0.4, -0.2) is 31.5 Å². The van der Waals surface area contributed by atoms with Crippen LogP contribution >= 0.6 is 0 Å². The largest absolute Gasteiger partial charge is 0.490 e. The lowest BCUT2D eigenvalue weighted by Crippen LogP contribution is -2.30. The molecule has 1 atom stereocenters. The summed E-state index contributed by atoms with van der Waals surface area (Å²) >= 11 is 0. The number of esters is 1. The average Bonchev–Trinajstić information content (AvgIpc) is 2.03. The molecule has 0 fully saturated rings. The van der Waals surface area contributed by atoms with Crippen molar-refractivity contribution in [2.24, 2.45) is 0 Å². The SMILES string of the molecule is CCCOCC(C)OC(=O)C(F)(F)F. The standard InChI is InChI=1S/C8H13F3O3/c1-3-4-13-5-6(2)14-7(12)8(9,10)11/h6H,3-5H2,1-2H3. The van der Waals surface area contributed by atoms with E-state index in [0.717, 1.165) is 6.42 Å². The van der Waals surface area contributed by atoms with Gasteiger partial charge in [0, 0.05) is 6.61 Å². The summed E-state index contributed by atoms with van der Waals surface area (Å²) in [4.78, 5) is 10.3. The van der Waals surface area contributed by atoms with Crippen LogP contribution in [0.3, 0.4) is 0 Å². The Hall–Kier alpha value is -0.780. The first kappa shape index (κ1) is 13.2. The summed E-state index contributed by atoms with van der Waals surface area (Å²) in [7, 11) is 0. The number of alkyl halides is 3. The lowest BCUT2D eigenvalue weighted by Gasteiger charge is -2.14. The fourth-order valence-electron chi connectivity index (χ4n) is 0.677. The van der Waals surface area contributed by atoms with Gasteiger partial charge in [0.1, 0.15) is 6.10 Å². The van der Waals surface area contributed by atoms with Crippen LogP contribution in [0.25, 0.3) is 0 Å². The number of rotatable bonds is 5. The van der Waals surface area contributed by atoms with Gasteiger partial charge < -0.3 is 9.47 Å². The molecule has 14 heavy (non-hydrogen) atoms. The molecule has 0 saturated heterocycles. The minimum Gasteiger partial charge on any atom is -0.454 e. The second kappa shape index (κ2) is 5.85. The molecular weight excluding hydrogens is 201 g/mol. The highest BCUT2D eigenvalue weighted by molar-refractivity contribution is 5.75. The van der Waals surface area contributed by atoms with Crippen LogP contribution in [0.4, 0.5) is 13.2 Å². The first-order valence-electron chi connectivity index (χ1n) is 4.23. The molecule has 6 heteroatoms. The Morgan fingerprint density at radius 2 is 2.00 bits per heavy atom. The molecule has 0 heterocycles. The third-order valence-corrected chi connectivity index (χ3v) is 1.24. The molecule has 0 aliphatic heterocycles. The molecule has 3 nitrogen and oxygen atoms in total. The normalized spacial score (nSPS) is 13.8. The van der Waals surface area contributed by atoms with Crippen molar-refractivity contribution < 1.29 is 27.4 Å². The van der Waals surface area contributed by atoms with Gasteiger partial charge >= 0.3 is 12.1 Å². The molecule has 0 aromatic rings. The molecule has 0 bridgehead atoms. The van der Waals surface area contributed by atoms with Gasteiger partial charge in [-0.05, 0) is 13.3 Å². The number of halogens is 3. The number of carbonyl (C=O) groups excluding carboxylic acids is 1. The monoisotopic (exact) mass is 214 g/mol. The van der Waals surface area contributed by atoms with Crippen molar-refractivity contribution >= 4 is 5.97 Å². The van der Waals surface area contributed by atoms with Gasteiger partial charge in [-0.1, -0.05) is 6.92 Å². The van der Waals surface area contributed by atoms with Crippen molar-refractivity contribution in [1.82, 2.24) is 0 Å². The molecule has 0 radical (unpaired) electrons. The molecule has 0 spiro atoms. The van der Waals surface area contributed by atoms with E-state index in [0.29, 0.717) is 6.61 Å². The van der Waals surface area contributed by atoms with Crippen molar-refractivity contribution in [1.29, 1.82) is 0 Å². The first-order chi connectivity index (χ1) is 6.38. The second-order valence-corrected chi connectivity index (χ2v) is 2.79. The molecule has 0 saturated carbocycles. The molecule has 0 aromatic heterocycles. The molecule has 0 aromatic carbocycles. The predicted octanol–water partition coefficient (Wildman–Crippen LogP) is 1.91. The van der Waals surface area contributed by atoms with Gasteiger partial charge in [-0.2, -0.15) is 13.2 Å². The van der Waals surface area contributed by atoms with E-state index < -0.39 is 18.2 Å². The Kier molecular flexibility index (Phi) is 5.52. The average molecular weight is 214 g/mol. The Bertz CT molecular complexity index is 179. The van der Waals surface area contributed by atoms with Gasteiger partial charge in [-0.3, -0.25) is 0 Å². The highest BCUT2D eigenvalue weighted by Gasteiger charge is 2.41. The van der Waals surface area contributed by atoms with E-state index in [1.165, 1.54) is 6.92 Å². The zero-order valence-electron chi connectivity index (χ0n) is 8.06. The van der Waals surface area contributed by atoms with Gasteiger partial charge in [-0.25, -0.2) is 4.79 Å². The van der Waals surface area contributed by atoms with Crippen molar-refractivity contribution in [2.75, 3.05) is 13.2 Å². The molecule has 0 aliphatic carbocycles. The van der Waals surface area contributed by atoms with Crippen molar-refractivity contribution in [3.8, 4) is 0 Å². The fourth-order valence-corrected chi connectivity index (χ4v) is 0.677. The zero-order valence-corrected chi connectivity index (χ0v) is 8.06. The third kappa shape index (κ3) is 5.80. The van der Waals surface area contributed by atoms with Gasteiger partial charge in [0.25, 0.3) is 0 Å². The van der Waals surface area contributed by atoms with Crippen molar-refractivity contribution in [3.05, 3.63) is 0 Å². The third-order valence-electron chi connectivity index (χ3n) is 1.24. The maximum atomic E-state index is 11.7. The highest BCUT2D eigenvalue weighted by Crippen LogP contribution is 2.17. The van der Waals surface area contributed by atoms with Crippen LogP contribution in [-0.2, 0) is 14.3 Å².